The summed E-state index contributed by atoms with van der Waals surface area (Å²) in [6, 6.07) is 15.7. The molecule has 0 unspecified atom stereocenters. The Morgan fingerprint density at radius 3 is 2.58 bits per heavy atom. The molecule has 5 nitrogen and oxygen atoms in total. The topological polar surface area (TPSA) is 57.3 Å². The average Bonchev–Trinajstić information content (AvgIpc) is 2.83. The fourth-order valence-electron chi connectivity index (χ4n) is 4.68. The van der Waals surface area contributed by atoms with Gasteiger partial charge in [0.2, 0.25) is 5.91 Å². The molecule has 2 bridgehead atoms. The van der Waals surface area contributed by atoms with E-state index in [1.54, 1.807) is 0 Å². The second-order valence-corrected chi connectivity index (χ2v) is 8.81. The summed E-state index contributed by atoms with van der Waals surface area (Å²) in [5.41, 5.74) is 1.56. The normalized spacial score (nSPS) is 20.3. The fraction of sp³-hybridized carbons (Fsp3) is 0.360. The minimum absolute atomic E-state index is 0.185. The van der Waals surface area contributed by atoms with Crippen LogP contribution in [0.4, 0.5) is 24.7 Å². The van der Waals surface area contributed by atoms with Gasteiger partial charge in [0.25, 0.3) is 0 Å². The van der Waals surface area contributed by atoms with Crippen LogP contribution in [0, 0.1) is 0 Å². The number of benzene rings is 2. The fourth-order valence-corrected chi connectivity index (χ4v) is 4.68. The standard InChI is InChI=1S/C25H25F3N4O/c26-25(27,28)18-5-1-16(2-6-18)3-12-24(33)30-19-8-10-22-17(13-19)4-11-23(31-22)32-15-20-7-9-21(32)14-29-20/h1-2,4-6,8,10-11,13,20-21,29H,3,7,9,12,14-15H2,(H,30,33)/t20-,21+/m1/s1. The lowest BCUT2D eigenvalue weighted by molar-refractivity contribution is -0.137. The van der Waals surface area contributed by atoms with E-state index >= 15 is 0 Å². The number of pyridine rings is 1. The first-order valence-corrected chi connectivity index (χ1v) is 11.2. The predicted molar refractivity (Wildman–Crippen MR) is 122 cm³/mol. The summed E-state index contributed by atoms with van der Waals surface area (Å²) in [4.78, 5) is 19.6. The van der Waals surface area contributed by atoms with Gasteiger partial charge in [0.15, 0.2) is 0 Å². The van der Waals surface area contributed by atoms with Crippen molar-refractivity contribution in [3.05, 3.63) is 65.7 Å². The molecule has 0 aliphatic carbocycles. The number of anilines is 2. The smallest absolute Gasteiger partial charge is 0.351 e. The molecule has 2 aromatic carbocycles. The molecule has 2 N–H and O–H groups in total. The Morgan fingerprint density at radius 1 is 1.09 bits per heavy atom. The van der Waals surface area contributed by atoms with Crippen LogP contribution < -0.4 is 15.5 Å². The number of nitrogens with zero attached hydrogens (tertiary/aromatic N) is 2. The van der Waals surface area contributed by atoms with E-state index in [0.717, 1.165) is 41.9 Å². The number of hydrogen-bond donors (Lipinski definition) is 2. The third kappa shape index (κ3) is 4.80. The first-order chi connectivity index (χ1) is 15.8. The third-order valence-electron chi connectivity index (χ3n) is 6.52. The molecule has 4 heterocycles. The van der Waals surface area contributed by atoms with Gasteiger partial charge < -0.3 is 15.5 Å². The van der Waals surface area contributed by atoms with Crippen LogP contribution in [0.25, 0.3) is 10.9 Å². The van der Waals surface area contributed by atoms with E-state index in [1.165, 1.54) is 25.0 Å². The van der Waals surface area contributed by atoms with Gasteiger partial charge >= 0.3 is 6.18 Å². The highest BCUT2D eigenvalue weighted by atomic mass is 19.4. The molecule has 0 spiro atoms. The molecular weight excluding hydrogens is 429 g/mol. The van der Waals surface area contributed by atoms with Crippen molar-refractivity contribution in [1.29, 1.82) is 0 Å². The van der Waals surface area contributed by atoms with Crippen molar-refractivity contribution >= 4 is 28.3 Å². The molecule has 3 aliphatic heterocycles. The molecule has 1 amide bonds. The summed E-state index contributed by atoms with van der Waals surface area (Å²) in [5, 5.41) is 7.37. The molecule has 2 atom stereocenters. The second-order valence-electron chi connectivity index (χ2n) is 8.81. The number of carbonyl (C=O) groups is 1. The maximum absolute atomic E-state index is 12.7. The van der Waals surface area contributed by atoms with Crippen LogP contribution in [0.1, 0.15) is 30.4 Å². The van der Waals surface area contributed by atoms with E-state index < -0.39 is 11.7 Å². The van der Waals surface area contributed by atoms with Gasteiger partial charge in [0.05, 0.1) is 11.1 Å². The van der Waals surface area contributed by atoms with Crippen LogP contribution in [0.2, 0.25) is 0 Å². The van der Waals surface area contributed by atoms with Crippen LogP contribution in [0.3, 0.4) is 0 Å². The largest absolute Gasteiger partial charge is 0.416 e. The lowest BCUT2D eigenvalue weighted by Gasteiger charge is -2.46. The van der Waals surface area contributed by atoms with Crippen LogP contribution in [0.5, 0.6) is 0 Å². The first-order valence-electron chi connectivity index (χ1n) is 11.2. The van der Waals surface area contributed by atoms with E-state index in [9.17, 15) is 18.0 Å². The van der Waals surface area contributed by atoms with Crippen LogP contribution in [-0.2, 0) is 17.4 Å². The highest BCUT2D eigenvalue weighted by Gasteiger charge is 2.34. The second kappa shape index (κ2) is 8.67. The Labute approximate surface area is 190 Å². The number of fused-ring (bicyclic) bond motifs is 4. The number of alkyl halides is 3. The lowest BCUT2D eigenvalue weighted by atomic mass is 9.93. The highest BCUT2D eigenvalue weighted by molar-refractivity contribution is 5.94. The van der Waals surface area contributed by atoms with Gasteiger partial charge in [0, 0.05) is 42.7 Å². The third-order valence-corrected chi connectivity index (χ3v) is 6.52. The minimum Gasteiger partial charge on any atom is -0.351 e. The van der Waals surface area contributed by atoms with Gasteiger partial charge in [-0.15, -0.1) is 0 Å². The van der Waals surface area contributed by atoms with E-state index in [4.69, 9.17) is 4.98 Å². The van der Waals surface area contributed by atoms with E-state index in [1.807, 2.05) is 30.3 Å². The quantitative estimate of drug-likeness (QED) is 0.584. The van der Waals surface area contributed by atoms with Crippen molar-refractivity contribution in [3.63, 3.8) is 0 Å². The van der Waals surface area contributed by atoms with Crippen LogP contribution in [0.15, 0.2) is 54.6 Å². The molecule has 0 radical (unpaired) electrons. The number of carbonyl (C=O) groups excluding carboxylic acids is 1. The highest BCUT2D eigenvalue weighted by Crippen LogP contribution is 2.30. The molecule has 172 valence electrons. The van der Waals surface area contributed by atoms with Gasteiger partial charge in [-0.1, -0.05) is 12.1 Å². The Kier molecular flexibility index (Phi) is 5.70. The molecule has 0 saturated carbocycles. The molecule has 3 aliphatic rings. The summed E-state index contributed by atoms with van der Waals surface area (Å²) in [7, 11) is 0. The number of amides is 1. The van der Waals surface area contributed by atoms with Crippen molar-refractivity contribution < 1.29 is 18.0 Å². The number of halogens is 3. The molecule has 3 aromatic rings. The Bertz CT molecular complexity index is 1150. The van der Waals surface area contributed by atoms with Gasteiger partial charge in [-0.25, -0.2) is 4.98 Å². The Hall–Kier alpha value is -3.13. The van der Waals surface area contributed by atoms with Crippen LogP contribution >= 0.6 is 0 Å². The molecule has 33 heavy (non-hydrogen) atoms. The zero-order chi connectivity index (χ0) is 23.0. The van der Waals surface area contributed by atoms with Gasteiger partial charge in [-0.05, 0) is 67.3 Å². The summed E-state index contributed by atoms with van der Waals surface area (Å²) < 4.78 is 38.0. The van der Waals surface area contributed by atoms with Crippen molar-refractivity contribution in [2.24, 2.45) is 0 Å². The van der Waals surface area contributed by atoms with Gasteiger partial charge in [0.1, 0.15) is 5.82 Å². The van der Waals surface area contributed by atoms with Gasteiger partial charge in [-0.2, -0.15) is 13.2 Å². The van der Waals surface area contributed by atoms with Crippen molar-refractivity contribution in [2.75, 3.05) is 23.3 Å². The number of nitrogens with one attached hydrogen (secondary N) is 2. The monoisotopic (exact) mass is 454 g/mol. The number of piperazine rings is 1. The summed E-state index contributed by atoms with van der Waals surface area (Å²) in [6.07, 6.45) is -1.39. The zero-order valence-corrected chi connectivity index (χ0v) is 18.0. The zero-order valence-electron chi connectivity index (χ0n) is 18.0. The first kappa shape index (κ1) is 21.7. The molecule has 1 aromatic heterocycles. The molecular formula is C25H25F3N4O. The molecule has 3 saturated heterocycles. The number of aromatic nitrogens is 1. The van der Waals surface area contributed by atoms with Crippen molar-refractivity contribution in [1.82, 2.24) is 10.3 Å². The lowest BCUT2D eigenvalue weighted by Crippen LogP contribution is -2.61. The average molecular weight is 454 g/mol. The van der Waals surface area contributed by atoms with Crippen molar-refractivity contribution in [2.45, 2.75) is 43.9 Å². The van der Waals surface area contributed by atoms with E-state index in [-0.39, 0.29) is 12.3 Å². The summed E-state index contributed by atoms with van der Waals surface area (Å²) >= 11 is 0. The molecule has 3 fully saturated rings. The van der Waals surface area contributed by atoms with E-state index in [2.05, 4.69) is 15.5 Å². The van der Waals surface area contributed by atoms with Gasteiger partial charge in [-0.3, -0.25) is 4.79 Å². The SMILES string of the molecule is O=C(CCc1ccc(C(F)(F)F)cc1)Nc1ccc2nc(N3C[C@H]4CC[C@H]3CN4)ccc2c1. The number of piperidine rings is 2. The summed E-state index contributed by atoms with van der Waals surface area (Å²) in [5.74, 6) is 0.808. The number of hydrogen-bond acceptors (Lipinski definition) is 4. The maximum Gasteiger partial charge on any atom is 0.416 e. The van der Waals surface area contributed by atoms with Crippen LogP contribution in [-0.4, -0.2) is 36.1 Å². The molecule has 6 rings (SSSR count). The Morgan fingerprint density at radius 2 is 1.91 bits per heavy atom. The number of rotatable bonds is 5. The van der Waals surface area contributed by atoms with E-state index in [0.29, 0.717) is 29.8 Å². The predicted octanol–water partition coefficient (Wildman–Crippen LogP) is 4.77. The number of aryl methyl sites for hydroxylation is 1. The Balaban J connectivity index is 1.20. The molecule has 8 heteroatoms. The minimum atomic E-state index is -4.35. The maximum atomic E-state index is 12.7. The van der Waals surface area contributed by atoms with Crippen molar-refractivity contribution in [3.8, 4) is 0 Å². The summed E-state index contributed by atoms with van der Waals surface area (Å²) in [6.45, 7) is 1.98.